The van der Waals surface area contributed by atoms with E-state index in [1.165, 1.54) is 6.07 Å². The van der Waals surface area contributed by atoms with E-state index in [1.54, 1.807) is 18.2 Å². The van der Waals surface area contributed by atoms with Gasteiger partial charge in [0.25, 0.3) is 0 Å². The van der Waals surface area contributed by atoms with E-state index in [-0.39, 0.29) is 12.4 Å². The highest BCUT2D eigenvalue weighted by molar-refractivity contribution is 5.26. The minimum absolute atomic E-state index is 0.232. The topological polar surface area (TPSA) is 35.2 Å². The van der Waals surface area contributed by atoms with Crippen molar-refractivity contribution in [2.75, 3.05) is 0 Å². The van der Waals surface area contributed by atoms with Crippen molar-refractivity contribution < 1.29 is 9.13 Å². The lowest BCUT2D eigenvalue weighted by Gasteiger charge is -2.09. The summed E-state index contributed by atoms with van der Waals surface area (Å²) in [5.74, 6) is -0.232. The van der Waals surface area contributed by atoms with Gasteiger partial charge in [-0.1, -0.05) is 42.5 Å². The smallest absolute Gasteiger partial charge is 0.128 e. The van der Waals surface area contributed by atoms with Gasteiger partial charge in [0.1, 0.15) is 5.82 Å². The highest BCUT2D eigenvalue weighted by atomic mass is 19.1. The van der Waals surface area contributed by atoms with Gasteiger partial charge in [-0.15, -0.1) is 0 Å². The van der Waals surface area contributed by atoms with E-state index in [0.717, 1.165) is 11.1 Å². The van der Waals surface area contributed by atoms with Crippen LogP contribution in [0.25, 0.3) is 0 Å². The first kappa shape index (κ1) is 12.7. The summed E-state index contributed by atoms with van der Waals surface area (Å²) in [6.45, 7) is 1.20. The lowest BCUT2D eigenvalue weighted by molar-refractivity contribution is 0.104. The van der Waals surface area contributed by atoms with E-state index < -0.39 is 0 Å². The number of hydrogen-bond donors (Lipinski definition) is 1. The molecule has 0 aliphatic rings. The minimum Gasteiger partial charge on any atom is -0.372 e. The summed E-state index contributed by atoms with van der Waals surface area (Å²) in [7, 11) is 0. The second-order valence-corrected chi connectivity index (χ2v) is 4.06. The number of ether oxygens (including phenoxy) is 1. The molecule has 0 unspecified atom stereocenters. The molecule has 0 aromatic heterocycles. The van der Waals surface area contributed by atoms with Gasteiger partial charge < -0.3 is 10.5 Å². The summed E-state index contributed by atoms with van der Waals surface area (Å²) in [4.78, 5) is 0. The summed E-state index contributed by atoms with van der Waals surface area (Å²) in [6.07, 6.45) is 0. The standard InChI is InChI=1S/C15H16FNO/c16-15-8-4-3-7-14(15)11-18-10-13-6-2-1-5-12(13)9-17/h1-8H,9-11,17H2. The summed E-state index contributed by atoms with van der Waals surface area (Å²) in [6, 6.07) is 14.5. The van der Waals surface area contributed by atoms with Gasteiger partial charge in [0.05, 0.1) is 13.2 Å². The molecule has 0 fully saturated rings. The van der Waals surface area contributed by atoms with Crippen LogP contribution in [0.4, 0.5) is 4.39 Å². The first-order valence-electron chi connectivity index (χ1n) is 5.89. The first-order valence-corrected chi connectivity index (χ1v) is 5.89. The molecule has 94 valence electrons. The highest BCUT2D eigenvalue weighted by Crippen LogP contribution is 2.12. The highest BCUT2D eigenvalue weighted by Gasteiger charge is 2.03. The number of hydrogen-bond acceptors (Lipinski definition) is 2. The Hall–Kier alpha value is -1.71. The van der Waals surface area contributed by atoms with Crippen LogP contribution in [0.1, 0.15) is 16.7 Å². The molecule has 0 saturated heterocycles. The van der Waals surface area contributed by atoms with Crippen molar-refractivity contribution in [3.8, 4) is 0 Å². The second kappa shape index (κ2) is 6.28. The molecule has 18 heavy (non-hydrogen) atoms. The third-order valence-electron chi connectivity index (χ3n) is 2.81. The number of nitrogens with two attached hydrogens (primary N) is 1. The van der Waals surface area contributed by atoms with Gasteiger partial charge in [-0.25, -0.2) is 4.39 Å². The second-order valence-electron chi connectivity index (χ2n) is 4.06. The molecule has 2 rings (SSSR count). The lowest BCUT2D eigenvalue weighted by Crippen LogP contribution is -2.03. The molecule has 0 aliphatic heterocycles. The number of benzene rings is 2. The molecular weight excluding hydrogens is 229 g/mol. The van der Waals surface area contributed by atoms with Crippen LogP contribution in [0.3, 0.4) is 0 Å². The fourth-order valence-electron chi connectivity index (χ4n) is 1.78. The maximum atomic E-state index is 13.4. The Balaban J connectivity index is 1.95. The van der Waals surface area contributed by atoms with Crippen LogP contribution in [0.2, 0.25) is 0 Å². The summed E-state index contributed by atoms with van der Waals surface area (Å²) < 4.78 is 18.9. The zero-order valence-electron chi connectivity index (χ0n) is 10.1. The largest absolute Gasteiger partial charge is 0.372 e. The molecule has 0 spiro atoms. The summed E-state index contributed by atoms with van der Waals surface area (Å²) >= 11 is 0. The molecule has 0 amide bonds. The van der Waals surface area contributed by atoms with E-state index in [1.807, 2.05) is 24.3 Å². The van der Waals surface area contributed by atoms with E-state index in [4.69, 9.17) is 10.5 Å². The third-order valence-corrected chi connectivity index (χ3v) is 2.81. The predicted molar refractivity (Wildman–Crippen MR) is 69.2 cm³/mol. The van der Waals surface area contributed by atoms with Gasteiger partial charge in [0, 0.05) is 12.1 Å². The minimum atomic E-state index is -0.232. The zero-order chi connectivity index (χ0) is 12.8. The van der Waals surface area contributed by atoms with Gasteiger partial charge in [0.2, 0.25) is 0 Å². The maximum absolute atomic E-state index is 13.4. The van der Waals surface area contributed by atoms with Gasteiger partial charge in [-0.2, -0.15) is 0 Å². The molecule has 0 bridgehead atoms. The lowest BCUT2D eigenvalue weighted by atomic mass is 10.1. The Bertz CT molecular complexity index is 513. The molecule has 0 radical (unpaired) electrons. The normalized spacial score (nSPS) is 10.6. The Morgan fingerprint density at radius 1 is 0.833 bits per heavy atom. The van der Waals surface area contributed by atoms with Crippen LogP contribution in [-0.4, -0.2) is 0 Å². The van der Waals surface area contributed by atoms with Crippen LogP contribution in [0.5, 0.6) is 0 Å². The van der Waals surface area contributed by atoms with E-state index in [9.17, 15) is 4.39 Å². The number of halogens is 1. The maximum Gasteiger partial charge on any atom is 0.128 e. The summed E-state index contributed by atoms with van der Waals surface area (Å²) in [5.41, 5.74) is 8.33. The zero-order valence-corrected chi connectivity index (χ0v) is 10.1. The quantitative estimate of drug-likeness (QED) is 0.878. The SMILES string of the molecule is NCc1ccccc1COCc1ccccc1F. The fraction of sp³-hybridized carbons (Fsp3) is 0.200. The van der Waals surface area contributed by atoms with Crippen molar-refractivity contribution in [1.29, 1.82) is 0 Å². The van der Waals surface area contributed by atoms with Gasteiger partial charge >= 0.3 is 0 Å². The average Bonchev–Trinajstić information content (AvgIpc) is 2.41. The fourth-order valence-corrected chi connectivity index (χ4v) is 1.78. The molecule has 0 atom stereocenters. The molecule has 2 N–H and O–H groups in total. The number of rotatable bonds is 5. The molecule has 0 aliphatic carbocycles. The van der Waals surface area contributed by atoms with Crippen molar-refractivity contribution in [1.82, 2.24) is 0 Å². The molecule has 2 nitrogen and oxygen atoms in total. The van der Waals surface area contributed by atoms with Crippen molar-refractivity contribution in [3.63, 3.8) is 0 Å². The predicted octanol–water partition coefficient (Wildman–Crippen LogP) is 3.00. The molecule has 3 heteroatoms. The van der Waals surface area contributed by atoms with Crippen LogP contribution in [0, 0.1) is 5.82 Å². The van der Waals surface area contributed by atoms with Crippen molar-refractivity contribution in [3.05, 3.63) is 71.0 Å². The van der Waals surface area contributed by atoms with E-state index in [2.05, 4.69) is 0 Å². The summed E-state index contributed by atoms with van der Waals surface area (Å²) in [5, 5.41) is 0. The average molecular weight is 245 g/mol. The monoisotopic (exact) mass is 245 g/mol. The molecule has 2 aromatic carbocycles. The van der Waals surface area contributed by atoms with Crippen LogP contribution >= 0.6 is 0 Å². The van der Waals surface area contributed by atoms with Crippen LogP contribution in [-0.2, 0) is 24.5 Å². The Morgan fingerprint density at radius 2 is 1.39 bits per heavy atom. The Labute approximate surface area is 106 Å². The van der Waals surface area contributed by atoms with Crippen molar-refractivity contribution in [2.24, 2.45) is 5.73 Å². The molecule has 0 heterocycles. The molecule has 2 aromatic rings. The van der Waals surface area contributed by atoms with Gasteiger partial charge in [-0.3, -0.25) is 0 Å². The molecular formula is C15H16FNO. The first-order chi connectivity index (χ1) is 8.81. The van der Waals surface area contributed by atoms with Crippen LogP contribution < -0.4 is 5.73 Å². The third kappa shape index (κ3) is 3.15. The van der Waals surface area contributed by atoms with E-state index in [0.29, 0.717) is 18.7 Å². The van der Waals surface area contributed by atoms with Gasteiger partial charge in [-0.05, 0) is 17.2 Å². The van der Waals surface area contributed by atoms with E-state index >= 15 is 0 Å². The van der Waals surface area contributed by atoms with Crippen molar-refractivity contribution >= 4 is 0 Å². The van der Waals surface area contributed by atoms with Crippen LogP contribution in [0.15, 0.2) is 48.5 Å². The Morgan fingerprint density at radius 3 is 2.06 bits per heavy atom. The Kier molecular flexibility index (Phi) is 4.45. The molecule has 0 saturated carbocycles. The van der Waals surface area contributed by atoms with Crippen molar-refractivity contribution in [2.45, 2.75) is 19.8 Å². The van der Waals surface area contributed by atoms with Gasteiger partial charge in [0.15, 0.2) is 0 Å².